The predicted octanol–water partition coefficient (Wildman–Crippen LogP) is 4.10. The van der Waals surface area contributed by atoms with Crippen LogP contribution >= 0.6 is 31.9 Å². The van der Waals surface area contributed by atoms with Crippen LogP contribution in [0, 0.1) is 0 Å². The number of carbonyl (C=O) groups excluding carboxylic acids is 2. The molecule has 0 N–H and O–H groups in total. The van der Waals surface area contributed by atoms with Crippen LogP contribution in [0.4, 0.5) is 4.39 Å². The van der Waals surface area contributed by atoms with Gasteiger partial charge in [0.2, 0.25) is 12.0 Å². The Morgan fingerprint density at radius 2 is 1.82 bits per heavy atom. The van der Waals surface area contributed by atoms with Crippen LogP contribution in [0.25, 0.3) is 0 Å². The van der Waals surface area contributed by atoms with Crippen molar-refractivity contribution in [1.82, 2.24) is 0 Å². The number of hydrogen-bond donors (Lipinski definition) is 0. The van der Waals surface area contributed by atoms with E-state index in [-0.39, 0.29) is 12.0 Å². The molecule has 17 heavy (non-hydrogen) atoms. The Balaban J connectivity index is 3.01. The molecule has 0 radical (unpaired) electrons. The zero-order valence-corrected chi connectivity index (χ0v) is 12.3. The topological polar surface area (TPSA) is 34.1 Å². The Labute approximate surface area is 116 Å². The Hall–Kier alpha value is -0.550. The first kappa shape index (κ1) is 14.5. The maximum absolute atomic E-state index is 13.7. The highest BCUT2D eigenvalue weighted by molar-refractivity contribution is 9.11. The molecule has 0 saturated carbocycles. The summed E-state index contributed by atoms with van der Waals surface area (Å²) in [6.07, 6.45) is -1.47. The Bertz CT molecular complexity index is 426. The van der Waals surface area contributed by atoms with E-state index in [2.05, 4.69) is 31.9 Å². The number of Topliss-reactive ketones (excluding diaryl/α,β-unsaturated/α-hetero) is 2. The molecule has 0 spiro atoms. The molecule has 0 saturated heterocycles. The van der Waals surface area contributed by atoms with Gasteiger partial charge in [-0.05, 0) is 18.6 Å². The van der Waals surface area contributed by atoms with Crippen molar-refractivity contribution in [3.05, 3.63) is 32.7 Å². The van der Waals surface area contributed by atoms with Gasteiger partial charge in [0, 0.05) is 20.9 Å². The Kier molecular flexibility index (Phi) is 5.46. The van der Waals surface area contributed by atoms with Gasteiger partial charge >= 0.3 is 0 Å². The number of benzene rings is 1. The molecule has 1 unspecified atom stereocenters. The second-order valence-corrected chi connectivity index (χ2v) is 5.25. The zero-order chi connectivity index (χ0) is 13.0. The van der Waals surface area contributed by atoms with Crippen molar-refractivity contribution in [2.24, 2.45) is 0 Å². The first-order valence-electron chi connectivity index (χ1n) is 5.14. The first-order chi connectivity index (χ1) is 7.99. The standard InChI is InChI=1S/C12H11Br2FO2/c1-2-4-9(16)11(15)12(17)10-7(13)5-3-6-8(10)14/h3,5-6,11H,2,4H2,1H3. The van der Waals surface area contributed by atoms with Crippen LogP contribution in [-0.2, 0) is 4.79 Å². The van der Waals surface area contributed by atoms with Crippen LogP contribution in [0.3, 0.4) is 0 Å². The molecule has 1 atom stereocenters. The highest BCUT2D eigenvalue weighted by Gasteiger charge is 2.28. The van der Waals surface area contributed by atoms with Crippen LogP contribution in [0.1, 0.15) is 30.1 Å². The summed E-state index contributed by atoms with van der Waals surface area (Å²) in [6, 6.07) is 4.98. The van der Waals surface area contributed by atoms with Crippen LogP contribution in [0.15, 0.2) is 27.1 Å². The minimum atomic E-state index is -2.08. The molecular weight excluding hydrogens is 355 g/mol. The third-order valence-electron chi connectivity index (χ3n) is 2.22. The molecule has 0 bridgehead atoms. The largest absolute Gasteiger partial charge is 0.296 e. The summed E-state index contributed by atoms with van der Waals surface area (Å²) in [4.78, 5) is 23.2. The molecule has 0 aliphatic rings. The van der Waals surface area contributed by atoms with E-state index in [1.54, 1.807) is 25.1 Å². The second kappa shape index (κ2) is 6.40. The lowest BCUT2D eigenvalue weighted by molar-refractivity contribution is -0.122. The van der Waals surface area contributed by atoms with Gasteiger partial charge < -0.3 is 0 Å². The van der Waals surface area contributed by atoms with E-state index in [1.807, 2.05) is 0 Å². The fourth-order valence-corrected chi connectivity index (χ4v) is 2.77. The molecule has 0 aliphatic heterocycles. The number of rotatable bonds is 5. The minimum absolute atomic E-state index is 0.0784. The van der Waals surface area contributed by atoms with Crippen molar-refractivity contribution in [3.8, 4) is 0 Å². The monoisotopic (exact) mass is 364 g/mol. The van der Waals surface area contributed by atoms with Crippen molar-refractivity contribution in [2.75, 3.05) is 0 Å². The van der Waals surface area contributed by atoms with Gasteiger partial charge in [0.05, 0.1) is 0 Å². The quantitative estimate of drug-likeness (QED) is 0.581. The molecule has 1 aromatic carbocycles. The fraction of sp³-hybridized carbons (Fsp3) is 0.333. The van der Waals surface area contributed by atoms with Gasteiger partial charge in [0.25, 0.3) is 0 Å². The van der Waals surface area contributed by atoms with E-state index in [9.17, 15) is 14.0 Å². The van der Waals surface area contributed by atoms with Gasteiger partial charge in [-0.2, -0.15) is 0 Å². The highest BCUT2D eigenvalue weighted by atomic mass is 79.9. The number of hydrogen-bond acceptors (Lipinski definition) is 2. The second-order valence-electron chi connectivity index (χ2n) is 3.54. The van der Waals surface area contributed by atoms with Crippen molar-refractivity contribution >= 4 is 43.4 Å². The van der Waals surface area contributed by atoms with Gasteiger partial charge in [-0.15, -0.1) is 0 Å². The molecule has 0 aliphatic carbocycles. The Morgan fingerprint density at radius 3 is 2.29 bits per heavy atom. The fourth-order valence-electron chi connectivity index (χ4n) is 1.38. The van der Waals surface area contributed by atoms with E-state index >= 15 is 0 Å². The average molecular weight is 366 g/mol. The van der Waals surface area contributed by atoms with E-state index in [1.165, 1.54) is 0 Å². The zero-order valence-electron chi connectivity index (χ0n) is 9.17. The summed E-state index contributed by atoms with van der Waals surface area (Å²) in [5.74, 6) is -1.47. The molecule has 0 amide bonds. The summed E-state index contributed by atoms with van der Waals surface area (Å²) in [6.45, 7) is 1.77. The number of ketones is 2. The molecular formula is C12H11Br2FO2. The van der Waals surface area contributed by atoms with Gasteiger partial charge in [0.15, 0.2) is 5.78 Å². The number of alkyl halides is 1. The van der Waals surface area contributed by atoms with Crippen molar-refractivity contribution in [1.29, 1.82) is 0 Å². The maximum atomic E-state index is 13.7. The predicted molar refractivity (Wildman–Crippen MR) is 71.0 cm³/mol. The molecule has 92 valence electrons. The van der Waals surface area contributed by atoms with Crippen LogP contribution in [0.2, 0.25) is 0 Å². The first-order valence-corrected chi connectivity index (χ1v) is 6.72. The summed E-state index contributed by atoms with van der Waals surface area (Å²) in [5.41, 5.74) is 0.171. The third-order valence-corrected chi connectivity index (χ3v) is 3.54. The lowest BCUT2D eigenvalue weighted by atomic mass is 10.0. The summed E-state index contributed by atoms with van der Waals surface area (Å²) >= 11 is 6.35. The molecule has 1 rings (SSSR count). The highest BCUT2D eigenvalue weighted by Crippen LogP contribution is 2.27. The van der Waals surface area contributed by atoms with E-state index in [0.29, 0.717) is 15.4 Å². The van der Waals surface area contributed by atoms with Crippen LogP contribution in [0.5, 0.6) is 0 Å². The lowest BCUT2D eigenvalue weighted by Crippen LogP contribution is -2.26. The third kappa shape index (κ3) is 3.45. The maximum Gasteiger partial charge on any atom is 0.220 e. The average Bonchev–Trinajstić information content (AvgIpc) is 2.27. The lowest BCUT2D eigenvalue weighted by Gasteiger charge is -2.09. The van der Waals surface area contributed by atoms with Crippen molar-refractivity contribution in [2.45, 2.75) is 25.9 Å². The van der Waals surface area contributed by atoms with Crippen molar-refractivity contribution in [3.63, 3.8) is 0 Å². The van der Waals surface area contributed by atoms with Gasteiger partial charge in [-0.1, -0.05) is 44.8 Å². The summed E-state index contributed by atoms with van der Waals surface area (Å²) in [5, 5.41) is 0. The number of halogens is 3. The molecule has 2 nitrogen and oxygen atoms in total. The molecule has 5 heteroatoms. The van der Waals surface area contributed by atoms with Gasteiger partial charge in [0.1, 0.15) is 0 Å². The Morgan fingerprint density at radius 1 is 1.29 bits per heavy atom. The van der Waals surface area contributed by atoms with Gasteiger partial charge in [-0.3, -0.25) is 9.59 Å². The smallest absolute Gasteiger partial charge is 0.220 e. The molecule has 0 fully saturated rings. The SMILES string of the molecule is CCCC(=O)C(F)C(=O)c1c(Br)cccc1Br. The van der Waals surface area contributed by atoms with Gasteiger partial charge in [-0.25, -0.2) is 4.39 Å². The molecule has 0 aromatic heterocycles. The van der Waals surface area contributed by atoms with E-state index < -0.39 is 17.7 Å². The minimum Gasteiger partial charge on any atom is -0.296 e. The molecule has 0 heterocycles. The normalized spacial score (nSPS) is 12.2. The molecule has 1 aromatic rings. The van der Waals surface area contributed by atoms with E-state index in [0.717, 1.165) is 0 Å². The van der Waals surface area contributed by atoms with Crippen molar-refractivity contribution < 1.29 is 14.0 Å². The van der Waals surface area contributed by atoms with Crippen LogP contribution in [-0.4, -0.2) is 17.7 Å². The van der Waals surface area contributed by atoms with E-state index in [4.69, 9.17) is 0 Å². The summed E-state index contributed by atoms with van der Waals surface area (Å²) < 4.78 is 14.6. The summed E-state index contributed by atoms with van der Waals surface area (Å²) in [7, 11) is 0. The number of carbonyl (C=O) groups is 2. The van der Waals surface area contributed by atoms with Crippen LogP contribution < -0.4 is 0 Å².